The number of anilines is 1. The molecule has 0 spiro atoms. The summed E-state index contributed by atoms with van der Waals surface area (Å²) in [4.78, 5) is 9.67. The second kappa shape index (κ2) is 4.35. The first-order valence-electron chi connectivity index (χ1n) is 4.30. The van der Waals surface area contributed by atoms with E-state index in [9.17, 15) is 0 Å². The summed E-state index contributed by atoms with van der Waals surface area (Å²) in [5, 5.41) is 11.1. The minimum atomic E-state index is 0.565. The van der Waals surface area contributed by atoms with Crippen molar-refractivity contribution < 1.29 is 0 Å². The van der Waals surface area contributed by atoms with Gasteiger partial charge in [0.05, 0.1) is 17.2 Å². The van der Waals surface area contributed by atoms with Gasteiger partial charge in [0.15, 0.2) is 0 Å². The van der Waals surface area contributed by atoms with Gasteiger partial charge in [-0.25, -0.2) is 9.97 Å². The summed E-state index contributed by atoms with van der Waals surface area (Å²) < 4.78 is 0.854. The van der Waals surface area contributed by atoms with Crippen molar-refractivity contribution >= 4 is 21.9 Å². The molecule has 2 aromatic rings. The van der Waals surface area contributed by atoms with Crippen molar-refractivity contribution in [3.8, 4) is 0 Å². The maximum atomic E-state index is 4.12. The molecule has 0 radical (unpaired) electrons. The highest BCUT2D eigenvalue weighted by molar-refractivity contribution is 9.10. The fraction of sp³-hybridized carbons (Fsp3) is 0.250. The van der Waals surface area contributed by atoms with E-state index >= 15 is 0 Å². The van der Waals surface area contributed by atoms with E-state index in [0.717, 1.165) is 10.2 Å². The fourth-order valence-electron chi connectivity index (χ4n) is 1.04. The molecule has 6 nitrogen and oxygen atoms in total. The van der Waals surface area contributed by atoms with Crippen LogP contribution >= 0.6 is 15.9 Å². The van der Waals surface area contributed by atoms with Crippen molar-refractivity contribution in [3.63, 3.8) is 0 Å². The predicted octanol–water partition coefficient (Wildman–Crippen LogP) is 0.980. The van der Waals surface area contributed by atoms with Crippen molar-refractivity contribution in [1.82, 2.24) is 25.0 Å². The lowest BCUT2D eigenvalue weighted by atomic mass is 10.5. The minimum Gasteiger partial charge on any atom is -0.348 e. The Kier molecular flexibility index (Phi) is 2.91. The van der Waals surface area contributed by atoms with Crippen LogP contribution in [0.3, 0.4) is 0 Å². The smallest absolute Gasteiger partial charge is 0.222 e. The van der Waals surface area contributed by atoms with Crippen LogP contribution in [-0.2, 0) is 13.6 Å². The number of rotatable bonds is 3. The zero-order valence-corrected chi connectivity index (χ0v) is 9.64. The third-order valence-electron chi connectivity index (χ3n) is 1.69. The minimum absolute atomic E-state index is 0.565. The van der Waals surface area contributed by atoms with Gasteiger partial charge in [0.2, 0.25) is 5.95 Å². The number of hydrogen-bond acceptors (Lipinski definition) is 5. The summed E-state index contributed by atoms with van der Waals surface area (Å²) in [5.74, 6) is 0.573. The number of aryl methyl sites for hydroxylation is 1. The lowest BCUT2D eigenvalue weighted by molar-refractivity contribution is 0.646. The van der Waals surface area contributed by atoms with E-state index in [-0.39, 0.29) is 0 Å². The van der Waals surface area contributed by atoms with E-state index in [2.05, 4.69) is 41.4 Å². The van der Waals surface area contributed by atoms with E-state index in [1.54, 1.807) is 25.6 Å². The van der Waals surface area contributed by atoms with Gasteiger partial charge in [0.25, 0.3) is 0 Å². The topological polar surface area (TPSA) is 68.5 Å². The van der Waals surface area contributed by atoms with Gasteiger partial charge in [0, 0.05) is 19.4 Å². The first kappa shape index (κ1) is 10.0. The fourth-order valence-corrected chi connectivity index (χ4v) is 1.25. The van der Waals surface area contributed by atoms with Crippen molar-refractivity contribution in [2.24, 2.45) is 7.05 Å². The zero-order chi connectivity index (χ0) is 10.7. The van der Waals surface area contributed by atoms with Gasteiger partial charge in [-0.3, -0.25) is 0 Å². The summed E-state index contributed by atoms with van der Waals surface area (Å²) in [5.41, 5.74) is 0.851. The SMILES string of the molecule is Cn1ncc(CNc2ncc(Br)cn2)n1. The van der Waals surface area contributed by atoms with Gasteiger partial charge >= 0.3 is 0 Å². The summed E-state index contributed by atoms with van der Waals surface area (Å²) in [6.45, 7) is 0.565. The van der Waals surface area contributed by atoms with Crippen LogP contribution in [0.4, 0.5) is 5.95 Å². The van der Waals surface area contributed by atoms with Crippen LogP contribution in [-0.4, -0.2) is 25.0 Å². The number of nitrogens with one attached hydrogen (secondary N) is 1. The molecule has 0 aliphatic rings. The van der Waals surface area contributed by atoms with Gasteiger partial charge in [-0.2, -0.15) is 15.0 Å². The molecule has 0 fully saturated rings. The molecule has 0 saturated heterocycles. The quantitative estimate of drug-likeness (QED) is 0.899. The van der Waals surface area contributed by atoms with Crippen molar-refractivity contribution in [2.75, 3.05) is 5.32 Å². The van der Waals surface area contributed by atoms with E-state index in [0.29, 0.717) is 12.5 Å². The molecule has 0 atom stereocenters. The molecule has 2 aromatic heterocycles. The third-order valence-corrected chi connectivity index (χ3v) is 2.10. The molecule has 15 heavy (non-hydrogen) atoms. The Labute approximate surface area is 94.9 Å². The van der Waals surface area contributed by atoms with Crippen LogP contribution in [0.2, 0.25) is 0 Å². The van der Waals surface area contributed by atoms with Gasteiger partial charge in [-0.1, -0.05) is 0 Å². The third kappa shape index (κ3) is 2.72. The summed E-state index contributed by atoms with van der Waals surface area (Å²) in [6, 6.07) is 0. The summed E-state index contributed by atoms with van der Waals surface area (Å²) in [6.07, 6.45) is 5.07. The highest BCUT2D eigenvalue weighted by Gasteiger charge is 1.99. The van der Waals surface area contributed by atoms with Crippen LogP contribution in [0.5, 0.6) is 0 Å². The molecule has 0 aromatic carbocycles. The molecular formula is C8H9BrN6. The van der Waals surface area contributed by atoms with E-state index in [4.69, 9.17) is 0 Å². The standard InChI is InChI=1S/C8H9BrN6/c1-15-13-5-7(14-15)4-12-8-10-2-6(9)3-11-8/h2-3,5H,4H2,1H3,(H,10,11,12). The largest absolute Gasteiger partial charge is 0.348 e. The molecule has 2 rings (SSSR count). The van der Waals surface area contributed by atoms with E-state index < -0.39 is 0 Å². The van der Waals surface area contributed by atoms with Crippen LogP contribution < -0.4 is 5.32 Å². The summed E-state index contributed by atoms with van der Waals surface area (Å²) >= 11 is 3.27. The Morgan fingerprint density at radius 1 is 1.33 bits per heavy atom. The number of halogens is 1. The maximum absolute atomic E-state index is 4.12. The number of hydrogen-bond donors (Lipinski definition) is 1. The Morgan fingerprint density at radius 2 is 2.07 bits per heavy atom. The second-order valence-electron chi connectivity index (χ2n) is 2.90. The summed E-state index contributed by atoms with van der Waals surface area (Å²) in [7, 11) is 1.78. The first-order chi connectivity index (χ1) is 7.24. The molecule has 7 heteroatoms. The van der Waals surface area contributed by atoms with Crippen LogP contribution in [0, 0.1) is 0 Å². The van der Waals surface area contributed by atoms with Crippen LogP contribution in [0.25, 0.3) is 0 Å². The van der Waals surface area contributed by atoms with Gasteiger partial charge in [-0.05, 0) is 15.9 Å². The molecular weight excluding hydrogens is 260 g/mol. The zero-order valence-electron chi connectivity index (χ0n) is 8.05. The van der Waals surface area contributed by atoms with Crippen LogP contribution in [0.1, 0.15) is 5.69 Å². The Morgan fingerprint density at radius 3 is 2.67 bits per heavy atom. The lowest BCUT2D eigenvalue weighted by Crippen LogP contribution is -2.04. The molecule has 0 amide bonds. The van der Waals surface area contributed by atoms with E-state index in [1.807, 2.05) is 0 Å². The highest BCUT2D eigenvalue weighted by atomic mass is 79.9. The molecule has 0 bridgehead atoms. The van der Waals surface area contributed by atoms with Gasteiger partial charge < -0.3 is 5.32 Å². The van der Waals surface area contributed by atoms with Gasteiger partial charge in [0.1, 0.15) is 5.69 Å². The van der Waals surface area contributed by atoms with Crippen LogP contribution in [0.15, 0.2) is 23.1 Å². The highest BCUT2D eigenvalue weighted by Crippen LogP contribution is 2.07. The predicted molar refractivity (Wildman–Crippen MR) is 58.1 cm³/mol. The van der Waals surface area contributed by atoms with Crippen molar-refractivity contribution in [2.45, 2.75) is 6.54 Å². The average Bonchev–Trinajstić information content (AvgIpc) is 2.64. The molecule has 1 N–H and O–H groups in total. The van der Waals surface area contributed by atoms with E-state index in [1.165, 1.54) is 4.80 Å². The molecule has 0 aliphatic carbocycles. The molecule has 0 unspecified atom stereocenters. The Bertz CT molecular complexity index is 437. The molecule has 0 aliphatic heterocycles. The number of aromatic nitrogens is 5. The normalized spacial score (nSPS) is 10.3. The maximum Gasteiger partial charge on any atom is 0.222 e. The monoisotopic (exact) mass is 268 g/mol. The lowest BCUT2D eigenvalue weighted by Gasteiger charge is -2.00. The molecule has 78 valence electrons. The van der Waals surface area contributed by atoms with Crippen molar-refractivity contribution in [3.05, 3.63) is 28.8 Å². The molecule has 0 saturated carbocycles. The average molecular weight is 269 g/mol. The van der Waals surface area contributed by atoms with Gasteiger partial charge in [-0.15, -0.1) is 0 Å². The Hall–Kier alpha value is -1.50. The molecule has 2 heterocycles. The Balaban J connectivity index is 1.96. The first-order valence-corrected chi connectivity index (χ1v) is 5.10. The second-order valence-corrected chi connectivity index (χ2v) is 3.82. The number of nitrogens with zero attached hydrogens (tertiary/aromatic N) is 5. The van der Waals surface area contributed by atoms with Crippen molar-refractivity contribution in [1.29, 1.82) is 0 Å².